The summed E-state index contributed by atoms with van der Waals surface area (Å²) >= 11 is 0. The summed E-state index contributed by atoms with van der Waals surface area (Å²) in [5.74, 6) is 0.284. The molecule has 0 aromatic carbocycles. The van der Waals surface area contributed by atoms with Gasteiger partial charge in [0.15, 0.2) is 0 Å². The molecule has 2 aliphatic rings. The maximum atomic E-state index is 12.8. The predicted molar refractivity (Wildman–Crippen MR) is 93.6 cm³/mol. The number of aromatic amines is 1. The summed E-state index contributed by atoms with van der Waals surface area (Å²) in [6, 6.07) is 4.14. The Hall–Kier alpha value is -1.37. The van der Waals surface area contributed by atoms with Gasteiger partial charge in [-0.25, -0.2) is 0 Å². The van der Waals surface area contributed by atoms with Crippen molar-refractivity contribution in [1.82, 2.24) is 20.1 Å². The largest absolute Gasteiger partial charge is 0.381 e. The molecule has 1 spiro atoms. The molecule has 2 aliphatic heterocycles. The first-order valence-electron chi connectivity index (χ1n) is 8.94. The van der Waals surface area contributed by atoms with E-state index in [1.54, 1.807) is 0 Å². The number of hydrogen-bond acceptors (Lipinski definition) is 4. The first-order chi connectivity index (χ1) is 11.6. The zero-order chi connectivity index (χ0) is 17.0. The fourth-order valence-electron chi connectivity index (χ4n) is 4.07. The van der Waals surface area contributed by atoms with Gasteiger partial charge in [-0.2, -0.15) is 0 Å². The molecule has 0 bridgehead atoms. The Morgan fingerprint density at radius 2 is 2.25 bits per heavy atom. The number of carbonyl (C=O) groups excluding carboxylic acids is 1. The summed E-state index contributed by atoms with van der Waals surface area (Å²) in [4.78, 5) is 20.6. The first-order valence-corrected chi connectivity index (χ1v) is 8.94. The van der Waals surface area contributed by atoms with Crippen LogP contribution in [0.1, 0.15) is 18.5 Å². The molecule has 6 heteroatoms. The molecule has 2 saturated heterocycles. The molecule has 1 amide bonds. The number of amides is 1. The minimum atomic E-state index is 0.0681. The van der Waals surface area contributed by atoms with E-state index in [4.69, 9.17) is 4.74 Å². The van der Waals surface area contributed by atoms with Gasteiger partial charge in [0.1, 0.15) is 0 Å². The lowest BCUT2D eigenvalue weighted by Gasteiger charge is -2.37. The molecule has 24 heavy (non-hydrogen) atoms. The van der Waals surface area contributed by atoms with Crippen LogP contribution in [0.25, 0.3) is 0 Å². The van der Waals surface area contributed by atoms with Gasteiger partial charge in [0, 0.05) is 63.2 Å². The van der Waals surface area contributed by atoms with E-state index in [1.807, 2.05) is 26.4 Å². The molecule has 2 N–H and O–H groups in total. The zero-order valence-electron chi connectivity index (χ0n) is 14.9. The Bertz CT molecular complexity index is 523. The third-order valence-electron chi connectivity index (χ3n) is 5.44. The zero-order valence-corrected chi connectivity index (χ0v) is 14.9. The standard InChI is InChI=1S/C18H30N4O2/c1-21(2)9-8-20-17(23)16-13-22(12-15-4-3-7-19-15)14-18(16)5-10-24-11-6-18/h3-4,7,16,19H,5-6,8-14H2,1-2H3,(H,20,23). The van der Waals surface area contributed by atoms with Crippen molar-refractivity contribution in [2.45, 2.75) is 19.4 Å². The van der Waals surface area contributed by atoms with Crippen LogP contribution in [0.3, 0.4) is 0 Å². The molecule has 0 saturated carbocycles. The molecule has 134 valence electrons. The van der Waals surface area contributed by atoms with E-state index in [0.29, 0.717) is 6.54 Å². The van der Waals surface area contributed by atoms with Crippen LogP contribution < -0.4 is 5.32 Å². The van der Waals surface area contributed by atoms with Gasteiger partial charge in [-0.05, 0) is 39.1 Å². The van der Waals surface area contributed by atoms with Crippen LogP contribution in [0.5, 0.6) is 0 Å². The van der Waals surface area contributed by atoms with E-state index in [-0.39, 0.29) is 17.2 Å². The van der Waals surface area contributed by atoms with Gasteiger partial charge >= 0.3 is 0 Å². The molecule has 2 fully saturated rings. The van der Waals surface area contributed by atoms with Crippen LogP contribution in [0.4, 0.5) is 0 Å². The second-order valence-corrected chi connectivity index (χ2v) is 7.49. The summed E-state index contributed by atoms with van der Waals surface area (Å²) in [5, 5.41) is 3.15. The molecular weight excluding hydrogens is 304 g/mol. The Morgan fingerprint density at radius 3 is 2.92 bits per heavy atom. The number of nitrogens with one attached hydrogen (secondary N) is 2. The highest BCUT2D eigenvalue weighted by atomic mass is 16.5. The third-order valence-corrected chi connectivity index (χ3v) is 5.44. The van der Waals surface area contributed by atoms with Crippen molar-refractivity contribution in [2.24, 2.45) is 11.3 Å². The van der Waals surface area contributed by atoms with Gasteiger partial charge in [-0.3, -0.25) is 9.69 Å². The molecule has 0 aliphatic carbocycles. The number of likely N-dealkylation sites (tertiary alicyclic amines) is 1. The lowest BCUT2D eigenvalue weighted by Crippen LogP contribution is -2.45. The maximum Gasteiger partial charge on any atom is 0.225 e. The normalized spacial score (nSPS) is 23.9. The Morgan fingerprint density at radius 1 is 1.46 bits per heavy atom. The highest BCUT2D eigenvalue weighted by Gasteiger charge is 2.50. The van der Waals surface area contributed by atoms with Gasteiger partial charge in [-0.1, -0.05) is 0 Å². The number of carbonyl (C=O) groups is 1. The number of hydrogen-bond donors (Lipinski definition) is 2. The van der Waals surface area contributed by atoms with Crippen LogP contribution in [-0.4, -0.2) is 74.2 Å². The van der Waals surface area contributed by atoms with Crippen molar-refractivity contribution in [3.8, 4) is 0 Å². The Kier molecular flexibility index (Phi) is 5.58. The Labute approximate surface area is 144 Å². The second kappa shape index (κ2) is 7.68. The molecule has 1 aromatic rings. The number of H-pyrrole nitrogens is 1. The van der Waals surface area contributed by atoms with Gasteiger partial charge in [0.05, 0.1) is 5.92 Å². The number of rotatable bonds is 6. The van der Waals surface area contributed by atoms with Crippen LogP contribution >= 0.6 is 0 Å². The quantitative estimate of drug-likeness (QED) is 0.812. The third kappa shape index (κ3) is 3.99. The summed E-state index contributed by atoms with van der Waals surface area (Å²) in [6.07, 6.45) is 3.93. The summed E-state index contributed by atoms with van der Waals surface area (Å²) in [5.41, 5.74) is 1.29. The molecule has 6 nitrogen and oxygen atoms in total. The van der Waals surface area contributed by atoms with Crippen LogP contribution in [0.15, 0.2) is 18.3 Å². The summed E-state index contributed by atoms with van der Waals surface area (Å²) in [6.45, 7) is 5.85. The predicted octanol–water partition coefficient (Wildman–Crippen LogP) is 0.921. The lowest BCUT2D eigenvalue weighted by molar-refractivity contribution is -0.129. The van der Waals surface area contributed by atoms with E-state index in [2.05, 4.69) is 26.2 Å². The number of ether oxygens (including phenoxy) is 1. The van der Waals surface area contributed by atoms with Gasteiger partial charge in [0.2, 0.25) is 5.91 Å². The topological polar surface area (TPSA) is 60.6 Å². The fourth-order valence-corrected chi connectivity index (χ4v) is 4.07. The number of nitrogens with zero attached hydrogens (tertiary/aromatic N) is 2. The number of aromatic nitrogens is 1. The molecule has 1 aromatic heterocycles. The number of likely N-dealkylation sites (N-methyl/N-ethyl adjacent to an activating group) is 1. The van der Waals surface area contributed by atoms with E-state index in [0.717, 1.165) is 52.2 Å². The van der Waals surface area contributed by atoms with Crippen molar-refractivity contribution < 1.29 is 9.53 Å². The first kappa shape index (κ1) is 17.5. The molecule has 1 atom stereocenters. The van der Waals surface area contributed by atoms with Gasteiger partial charge in [-0.15, -0.1) is 0 Å². The molecule has 0 radical (unpaired) electrons. The fraction of sp³-hybridized carbons (Fsp3) is 0.722. The average Bonchev–Trinajstić information content (AvgIpc) is 3.16. The van der Waals surface area contributed by atoms with Crippen LogP contribution in [0.2, 0.25) is 0 Å². The van der Waals surface area contributed by atoms with E-state index >= 15 is 0 Å². The average molecular weight is 334 g/mol. The van der Waals surface area contributed by atoms with E-state index in [9.17, 15) is 4.79 Å². The van der Waals surface area contributed by atoms with Crippen molar-refractivity contribution in [1.29, 1.82) is 0 Å². The van der Waals surface area contributed by atoms with Crippen molar-refractivity contribution in [2.75, 3.05) is 53.5 Å². The highest BCUT2D eigenvalue weighted by Crippen LogP contribution is 2.44. The summed E-state index contributed by atoms with van der Waals surface area (Å²) < 4.78 is 5.57. The van der Waals surface area contributed by atoms with Crippen molar-refractivity contribution in [3.05, 3.63) is 24.0 Å². The summed E-state index contributed by atoms with van der Waals surface area (Å²) in [7, 11) is 4.06. The van der Waals surface area contributed by atoms with E-state index < -0.39 is 0 Å². The lowest BCUT2D eigenvalue weighted by atomic mass is 9.72. The Balaban J connectivity index is 1.65. The minimum Gasteiger partial charge on any atom is -0.381 e. The van der Waals surface area contributed by atoms with Gasteiger partial charge < -0.3 is 19.9 Å². The van der Waals surface area contributed by atoms with Gasteiger partial charge in [0.25, 0.3) is 0 Å². The maximum absolute atomic E-state index is 12.8. The van der Waals surface area contributed by atoms with Crippen molar-refractivity contribution in [3.63, 3.8) is 0 Å². The SMILES string of the molecule is CN(C)CCNC(=O)C1CN(Cc2ccc[nH]2)CC12CCOCC2. The molecule has 3 rings (SSSR count). The molecular formula is C18H30N4O2. The highest BCUT2D eigenvalue weighted by molar-refractivity contribution is 5.80. The molecule has 3 heterocycles. The van der Waals surface area contributed by atoms with Crippen LogP contribution in [0, 0.1) is 11.3 Å². The van der Waals surface area contributed by atoms with Crippen molar-refractivity contribution >= 4 is 5.91 Å². The second-order valence-electron chi connectivity index (χ2n) is 7.49. The monoisotopic (exact) mass is 334 g/mol. The van der Waals surface area contributed by atoms with E-state index in [1.165, 1.54) is 5.69 Å². The molecule has 1 unspecified atom stereocenters. The minimum absolute atomic E-state index is 0.0681. The van der Waals surface area contributed by atoms with Crippen LogP contribution in [-0.2, 0) is 16.1 Å². The smallest absolute Gasteiger partial charge is 0.225 e.